The molecule has 0 unspecified atom stereocenters. The molecular formula is C21H24N4O3S. The number of hydrogen-bond donors (Lipinski definition) is 2. The number of hydrogen-bond acceptors (Lipinski definition) is 4. The van der Waals surface area contributed by atoms with E-state index >= 15 is 0 Å². The van der Waals surface area contributed by atoms with Crippen LogP contribution in [0.5, 0.6) is 0 Å². The van der Waals surface area contributed by atoms with Crippen LogP contribution >= 0.6 is 0 Å². The fourth-order valence-electron chi connectivity index (χ4n) is 2.88. The van der Waals surface area contributed by atoms with Crippen LogP contribution in [0.1, 0.15) is 27.9 Å². The molecule has 29 heavy (non-hydrogen) atoms. The van der Waals surface area contributed by atoms with E-state index in [1.807, 2.05) is 23.8 Å². The highest BCUT2D eigenvalue weighted by Crippen LogP contribution is 2.21. The molecule has 3 aromatic rings. The normalized spacial score (nSPS) is 11.2. The highest BCUT2D eigenvalue weighted by molar-refractivity contribution is 7.92. The summed E-state index contributed by atoms with van der Waals surface area (Å²) in [5, 5.41) is 2.86. The van der Waals surface area contributed by atoms with Gasteiger partial charge in [0.2, 0.25) is 0 Å². The molecule has 0 fully saturated rings. The molecular weight excluding hydrogens is 388 g/mol. The van der Waals surface area contributed by atoms with Gasteiger partial charge in [0.25, 0.3) is 15.9 Å². The van der Waals surface area contributed by atoms with E-state index in [1.165, 1.54) is 0 Å². The van der Waals surface area contributed by atoms with E-state index in [-0.39, 0.29) is 10.8 Å². The van der Waals surface area contributed by atoms with Gasteiger partial charge in [-0.3, -0.25) is 9.52 Å². The summed E-state index contributed by atoms with van der Waals surface area (Å²) in [6, 6.07) is 11.7. The zero-order valence-corrected chi connectivity index (χ0v) is 17.2. The molecule has 0 bridgehead atoms. The minimum Gasteiger partial charge on any atom is -0.352 e. The van der Waals surface area contributed by atoms with Crippen LogP contribution < -0.4 is 10.0 Å². The lowest BCUT2D eigenvalue weighted by molar-refractivity contribution is 0.0952. The topological polar surface area (TPSA) is 93.1 Å². The molecule has 0 aliphatic rings. The number of benzene rings is 2. The fourth-order valence-corrected chi connectivity index (χ4v) is 4.27. The van der Waals surface area contributed by atoms with Gasteiger partial charge < -0.3 is 9.88 Å². The van der Waals surface area contributed by atoms with Gasteiger partial charge in [0.1, 0.15) is 0 Å². The number of sulfonamides is 1. The van der Waals surface area contributed by atoms with Crippen LogP contribution in [0.4, 0.5) is 5.69 Å². The predicted octanol–water partition coefficient (Wildman–Crippen LogP) is 3.12. The Morgan fingerprint density at radius 2 is 1.86 bits per heavy atom. The maximum atomic E-state index is 12.7. The zero-order chi connectivity index (χ0) is 20.9. The van der Waals surface area contributed by atoms with Crippen LogP contribution in [0.2, 0.25) is 0 Å². The number of anilines is 1. The van der Waals surface area contributed by atoms with Gasteiger partial charge in [0.15, 0.2) is 0 Å². The SMILES string of the molecule is Cc1ccc(C)c(S(=O)(=O)Nc2ccc(C(=O)NCCCn3ccnc3)cc2)c1. The van der Waals surface area contributed by atoms with Gasteiger partial charge in [-0.25, -0.2) is 13.4 Å². The Morgan fingerprint density at radius 1 is 1.10 bits per heavy atom. The van der Waals surface area contributed by atoms with Crippen molar-refractivity contribution in [1.29, 1.82) is 0 Å². The summed E-state index contributed by atoms with van der Waals surface area (Å²) in [7, 11) is -3.70. The minimum atomic E-state index is -3.70. The highest BCUT2D eigenvalue weighted by Gasteiger charge is 2.17. The maximum Gasteiger partial charge on any atom is 0.262 e. The van der Waals surface area contributed by atoms with Crippen LogP contribution in [0.15, 0.2) is 66.1 Å². The first-order valence-electron chi connectivity index (χ1n) is 9.29. The monoisotopic (exact) mass is 412 g/mol. The maximum absolute atomic E-state index is 12.7. The van der Waals surface area contributed by atoms with Crippen LogP contribution in [-0.4, -0.2) is 30.4 Å². The van der Waals surface area contributed by atoms with E-state index in [0.29, 0.717) is 23.4 Å². The Bertz CT molecular complexity index is 1080. The average Bonchev–Trinajstić information content (AvgIpc) is 3.20. The Hall–Kier alpha value is -3.13. The van der Waals surface area contributed by atoms with Crippen molar-refractivity contribution in [3.8, 4) is 0 Å². The Morgan fingerprint density at radius 3 is 2.55 bits per heavy atom. The van der Waals surface area contributed by atoms with Gasteiger partial charge in [0.05, 0.1) is 11.2 Å². The lowest BCUT2D eigenvalue weighted by Gasteiger charge is -2.12. The van der Waals surface area contributed by atoms with Crippen molar-refractivity contribution < 1.29 is 13.2 Å². The minimum absolute atomic E-state index is 0.195. The zero-order valence-electron chi connectivity index (χ0n) is 16.4. The van der Waals surface area contributed by atoms with E-state index in [4.69, 9.17) is 0 Å². The summed E-state index contributed by atoms with van der Waals surface area (Å²) in [4.78, 5) is 16.5. The summed E-state index contributed by atoms with van der Waals surface area (Å²) in [5.74, 6) is -0.195. The molecule has 152 valence electrons. The first-order valence-corrected chi connectivity index (χ1v) is 10.8. The van der Waals surface area contributed by atoms with Gasteiger partial charge in [-0.2, -0.15) is 0 Å². The van der Waals surface area contributed by atoms with Crippen molar-refractivity contribution in [3.05, 3.63) is 77.9 Å². The van der Waals surface area contributed by atoms with Gasteiger partial charge in [0, 0.05) is 36.7 Å². The molecule has 0 spiro atoms. The number of aromatic nitrogens is 2. The number of imidazole rings is 1. The van der Waals surface area contributed by atoms with Crippen molar-refractivity contribution in [2.45, 2.75) is 31.7 Å². The molecule has 0 saturated carbocycles. The summed E-state index contributed by atoms with van der Waals surface area (Å²) in [6.45, 7) is 4.92. The lowest BCUT2D eigenvalue weighted by Crippen LogP contribution is -2.25. The molecule has 3 rings (SSSR count). The van der Waals surface area contributed by atoms with Crippen molar-refractivity contribution >= 4 is 21.6 Å². The summed E-state index contributed by atoms with van der Waals surface area (Å²) in [5.41, 5.74) is 2.43. The number of carbonyl (C=O) groups is 1. The fraction of sp³-hybridized carbons (Fsp3) is 0.238. The average molecular weight is 413 g/mol. The van der Waals surface area contributed by atoms with Crippen LogP contribution in [0, 0.1) is 13.8 Å². The molecule has 7 nitrogen and oxygen atoms in total. The molecule has 8 heteroatoms. The van der Waals surface area contributed by atoms with Crippen LogP contribution in [-0.2, 0) is 16.6 Å². The lowest BCUT2D eigenvalue weighted by atomic mass is 10.2. The van der Waals surface area contributed by atoms with Crippen LogP contribution in [0.3, 0.4) is 0 Å². The van der Waals surface area contributed by atoms with E-state index in [0.717, 1.165) is 18.5 Å². The Balaban J connectivity index is 1.57. The van der Waals surface area contributed by atoms with Gasteiger partial charge in [-0.1, -0.05) is 12.1 Å². The first kappa shape index (κ1) is 20.6. The molecule has 2 N–H and O–H groups in total. The molecule has 2 aromatic carbocycles. The number of rotatable bonds is 8. The summed E-state index contributed by atoms with van der Waals surface area (Å²) in [6.07, 6.45) is 6.12. The standard InChI is InChI=1S/C21H24N4O3S/c1-16-4-5-17(2)20(14-16)29(27,28)24-19-8-6-18(7-9-19)21(26)23-10-3-12-25-13-11-22-15-25/h4-9,11,13-15,24H,3,10,12H2,1-2H3,(H,23,26). The number of nitrogens with one attached hydrogen (secondary N) is 2. The molecule has 0 atom stereocenters. The molecule has 0 radical (unpaired) electrons. The van der Waals surface area contributed by atoms with Gasteiger partial charge in [-0.05, 0) is 61.7 Å². The number of nitrogens with zero attached hydrogens (tertiary/aromatic N) is 2. The smallest absolute Gasteiger partial charge is 0.262 e. The molecule has 1 heterocycles. The van der Waals surface area contributed by atoms with E-state index in [9.17, 15) is 13.2 Å². The molecule has 0 aliphatic heterocycles. The Labute approximate surface area is 170 Å². The second-order valence-corrected chi connectivity index (χ2v) is 8.51. The molecule has 1 aromatic heterocycles. The quantitative estimate of drug-likeness (QED) is 0.556. The summed E-state index contributed by atoms with van der Waals surface area (Å²) >= 11 is 0. The number of carbonyl (C=O) groups excluding carboxylic acids is 1. The first-order chi connectivity index (χ1) is 13.8. The van der Waals surface area contributed by atoms with Crippen LogP contribution in [0.25, 0.3) is 0 Å². The van der Waals surface area contributed by atoms with Crippen molar-refractivity contribution in [3.63, 3.8) is 0 Å². The van der Waals surface area contributed by atoms with Gasteiger partial charge >= 0.3 is 0 Å². The third kappa shape index (κ3) is 5.45. The molecule has 0 aliphatic carbocycles. The van der Waals surface area contributed by atoms with E-state index in [1.54, 1.807) is 55.8 Å². The summed E-state index contributed by atoms with van der Waals surface area (Å²) < 4.78 is 29.9. The highest BCUT2D eigenvalue weighted by atomic mass is 32.2. The number of aryl methyl sites for hydroxylation is 3. The third-order valence-corrected chi connectivity index (χ3v) is 5.99. The second kappa shape index (κ2) is 8.91. The predicted molar refractivity (Wildman–Crippen MR) is 112 cm³/mol. The van der Waals surface area contributed by atoms with Gasteiger partial charge in [-0.15, -0.1) is 0 Å². The molecule has 0 saturated heterocycles. The van der Waals surface area contributed by atoms with E-state index in [2.05, 4.69) is 15.0 Å². The third-order valence-electron chi connectivity index (χ3n) is 4.47. The number of amides is 1. The van der Waals surface area contributed by atoms with E-state index < -0.39 is 10.0 Å². The van der Waals surface area contributed by atoms with Crippen molar-refractivity contribution in [2.24, 2.45) is 0 Å². The largest absolute Gasteiger partial charge is 0.352 e. The Kier molecular flexibility index (Phi) is 6.33. The van der Waals surface area contributed by atoms with Crippen molar-refractivity contribution in [1.82, 2.24) is 14.9 Å². The van der Waals surface area contributed by atoms with Crippen molar-refractivity contribution in [2.75, 3.05) is 11.3 Å². The second-order valence-electron chi connectivity index (χ2n) is 6.86. The molecule has 1 amide bonds.